The normalized spacial score (nSPS) is 12.3. The van der Waals surface area contributed by atoms with Crippen molar-refractivity contribution < 1.29 is 19.4 Å². The van der Waals surface area contributed by atoms with Crippen LogP contribution in [0.2, 0.25) is 0 Å². The first-order valence-corrected chi connectivity index (χ1v) is 9.23. The summed E-state index contributed by atoms with van der Waals surface area (Å²) in [6.07, 6.45) is 0.757. The minimum atomic E-state index is -0.358. The standard InChI is InChI=1S/C23H23NO4/c1-13-7-14(2)9-16(8-13)22-18(23(26)28-4)11-19-17-12-21(27-3)20(25)10-15(17)5-6-24(19)22/h7-12,25H,5-6H2,1-4H3. The van der Waals surface area contributed by atoms with Crippen molar-refractivity contribution in [2.75, 3.05) is 14.2 Å². The third-order valence-corrected chi connectivity index (χ3v) is 5.28. The number of methoxy groups -OCH3 is 2. The van der Waals surface area contributed by atoms with Gasteiger partial charge in [0.15, 0.2) is 11.5 Å². The molecule has 0 unspecified atom stereocenters. The Morgan fingerprint density at radius 3 is 2.39 bits per heavy atom. The van der Waals surface area contributed by atoms with Gasteiger partial charge in [0.25, 0.3) is 0 Å². The van der Waals surface area contributed by atoms with Crippen LogP contribution in [0.15, 0.2) is 36.4 Å². The van der Waals surface area contributed by atoms with Crippen LogP contribution in [-0.4, -0.2) is 29.9 Å². The predicted molar refractivity (Wildman–Crippen MR) is 108 cm³/mol. The van der Waals surface area contributed by atoms with E-state index >= 15 is 0 Å². The molecule has 144 valence electrons. The van der Waals surface area contributed by atoms with Crippen molar-refractivity contribution in [1.82, 2.24) is 4.57 Å². The molecule has 4 rings (SSSR count). The molecule has 1 aliphatic rings. The number of fused-ring (bicyclic) bond motifs is 3. The zero-order valence-corrected chi connectivity index (χ0v) is 16.5. The lowest BCUT2D eigenvalue weighted by Crippen LogP contribution is -2.12. The Labute approximate surface area is 164 Å². The van der Waals surface area contributed by atoms with E-state index in [9.17, 15) is 9.90 Å². The smallest absolute Gasteiger partial charge is 0.340 e. The summed E-state index contributed by atoms with van der Waals surface area (Å²) in [5.41, 5.74) is 7.61. The number of carbonyl (C=O) groups excluding carboxylic acids is 1. The van der Waals surface area contributed by atoms with Crippen LogP contribution in [-0.2, 0) is 17.7 Å². The maximum atomic E-state index is 12.6. The fraction of sp³-hybridized carbons (Fsp3) is 0.261. The van der Waals surface area contributed by atoms with Gasteiger partial charge in [0.05, 0.1) is 25.5 Å². The van der Waals surface area contributed by atoms with E-state index in [1.165, 1.54) is 14.2 Å². The Morgan fingerprint density at radius 2 is 1.75 bits per heavy atom. The van der Waals surface area contributed by atoms with Crippen LogP contribution in [0.1, 0.15) is 27.0 Å². The van der Waals surface area contributed by atoms with Gasteiger partial charge in [-0.2, -0.15) is 0 Å². The second-order valence-electron chi connectivity index (χ2n) is 7.24. The van der Waals surface area contributed by atoms with Crippen molar-refractivity contribution in [1.29, 1.82) is 0 Å². The minimum Gasteiger partial charge on any atom is -0.504 e. The number of aryl methyl sites for hydroxylation is 3. The first-order chi connectivity index (χ1) is 13.4. The number of phenolic OH excluding ortho intramolecular Hbond substituents is 1. The summed E-state index contributed by atoms with van der Waals surface area (Å²) in [6, 6.07) is 11.8. The molecule has 1 aromatic heterocycles. The van der Waals surface area contributed by atoms with Gasteiger partial charge in [0.1, 0.15) is 0 Å². The molecule has 0 aliphatic carbocycles. The summed E-state index contributed by atoms with van der Waals surface area (Å²) in [4.78, 5) is 12.6. The number of esters is 1. The van der Waals surface area contributed by atoms with Gasteiger partial charge in [-0.3, -0.25) is 0 Å². The molecule has 0 radical (unpaired) electrons. The van der Waals surface area contributed by atoms with Crippen LogP contribution in [0.4, 0.5) is 0 Å². The second-order valence-corrected chi connectivity index (χ2v) is 7.24. The van der Waals surface area contributed by atoms with Gasteiger partial charge in [0.2, 0.25) is 0 Å². The topological polar surface area (TPSA) is 60.7 Å². The van der Waals surface area contributed by atoms with Crippen LogP contribution < -0.4 is 4.74 Å². The molecule has 0 atom stereocenters. The fourth-order valence-electron chi connectivity index (χ4n) is 4.15. The van der Waals surface area contributed by atoms with Gasteiger partial charge in [-0.05, 0) is 61.7 Å². The third kappa shape index (κ3) is 2.83. The lowest BCUT2D eigenvalue weighted by Gasteiger charge is -2.23. The van der Waals surface area contributed by atoms with Crippen molar-refractivity contribution in [2.24, 2.45) is 0 Å². The molecule has 0 amide bonds. The average Bonchev–Trinajstić information content (AvgIpc) is 3.05. The summed E-state index contributed by atoms with van der Waals surface area (Å²) in [5.74, 6) is 0.188. The summed E-state index contributed by atoms with van der Waals surface area (Å²) < 4.78 is 12.5. The number of rotatable bonds is 3. The van der Waals surface area contributed by atoms with E-state index < -0.39 is 0 Å². The zero-order valence-electron chi connectivity index (χ0n) is 16.5. The van der Waals surface area contributed by atoms with Gasteiger partial charge in [-0.25, -0.2) is 4.79 Å². The first kappa shape index (κ1) is 18.2. The molecule has 5 nitrogen and oxygen atoms in total. The molecular weight excluding hydrogens is 354 g/mol. The number of hydrogen-bond acceptors (Lipinski definition) is 4. The summed E-state index contributed by atoms with van der Waals surface area (Å²) in [5, 5.41) is 10.1. The average molecular weight is 377 g/mol. The summed E-state index contributed by atoms with van der Waals surface area (Å²) in [6.45, 7) is 4.82. The van der Waals surface area contributed by atoms with E-state index in [-0.39, 0.29) is 11.7 Å². The number of benzene rings is 2. The van der Waals surface area contributed by atoms with Crippen molar-refractivity contribution in [2.45, 2.75) is 26.8 Å². The van der Waals surface area contributed by atoms with E-state index in [2.05, 4.69) is 36.6 Å². The Bertz CT molecular complexity index is 1070. The van der Waals surface area contributed by atoms with Gasteiger partial charge in [-0.15, -0.1) is 0 Å². The molecule has 28 heavy (non-hydrogen) atoms. The fourth-order valence-corrected chi connectivity index (χ4v) is 4.15. The number of ether oxygens (including phenoxy) is 2. The lowest BCUT2D eigenvalue weighted by molar-refractivity contribution is 0.0601. The molecule has 2 heterocycles. The molecule has 5 heteroatoms. The molecular formula is C23H23NO4. The van der Waals surface area contributed by atoms with Gasteiger partial charge >= 0.3 is 5.97 Å². The summed E-state index contributed by atoms with van der Waals surface area (Å²) in [7, 11) is 2.93. The molecule has 1 N–H and O–H groups in total. The predicted octanol–water partition coefficient (Wildman–Crippen LogP) is 4.50. The Morgan fingerprint density at radius 1 is 1.04 bits per heavy atom. The van der Waals surface area contributed by atoms with Crippen LogP contribution in [0, 0.1) is 13.8 Å². The number of hydrogen-bond donors (Lipinski definition) is 1. The largest absolute Gasteiger partial charge is 0.504 e. The molecule has 3 aromatic rings. The quantitative estimate of drug-likeness (QED) is 0.683. The molecule has 0 spiro atoms. The minimum absolute atomic E-state index is 0.129. The highest BCUT2D eigenvalue weighted by Gasteiger charge is 2.27. The van der Waals surface area contributed by atoms with E-state index in [1.54, 1.807) is 6.07 Å². The Kier molecular flexibility index (Phi) is 4.38. The van der Waals surface area contributed by atoms with Crippen LogP contribution >= 0.6 is 0 Å². The summed E-state index contributed by atoms with van der Waals surface area (Å²) >= 11 is 0. The maximum Gasteiger partial charge on any atom is 0.340 e. The molecule has 0 bridgehead atoms. The molecule has 0 saturated heterocycles. The SMILES string of the molecule is COC(=O)c1cc2n(c1-c1cc(C)cc(C)c1)CCc1cc(O)c(OC)cc1-2. The molecule has 1 aliphatic heterocycles. The van der Waals surface area contributed by atoms with E-state index in [0.717, 1.165) is 45.6 Å². The number of phenols is 1. The van der Waals surface area contributed by atoms with Crippen LogP contribution in [0.3, 0.4) is 0 Å². The van der Waals surface area contributed by atoms with Gasteiger partial charge < -0.3 is 19.1 Å². The van der Waals surface area contributed by atoms with Crippen molar-refractivity contribution >= 4 is 5.97 Å². The highest BCUT2D eigenvalue weighted by atomic mass is 16.5. The van der Waals surface area contributed by atoms with E-state index in [4.69, 9.17) is 9.47 Å². The highest BCUT2D eigenvalue weighted by Crippen LogP contribution is 2.42. The van der Waals surface area contributed by atoms with E-state index in [0.29, 0.717) is 17.9 Å². The second kappa shape index (κ2) is 6.75. The van der Waals surface area contributed by atoms with Crippen LogP contribution in [0.5, 0.6) is 11.5 Å². The van der Waals surface area contributed by atoms with Crippen LogP contribution in [0.25, 0.3) is 22.5 Å². The number of aromatic hydroxyl groups is 1. The van der Waals surface area contributed by atoms with Crippen molar-refractivity contribution in [3.05, 3.63) is 58.7 Å². The Hall–Kier alpha value is -3.21. The van der Waals surface area contributed by atoms with Crippen molar-refractivity contribution in [3.63, 3.8) is 0 Å². The third-order valence-electron chi connectivity index (χ3n) is 5.28. The lowest BCUT2D eigenvalue weighted by atomic mass is 9.97. The molecule has 0 fully saturated rings. The highest BCUT2D eigenvalue weighted by molar-refractivity contribution is 5.99. The number of aromatic nitrogens is 1. The monoisotopic (exact) mass is 377 g/mol. The van der Waals surface area contributed by atoms with Gasteiger partial charge in [-0.1, -0.05) is 17.2 Å². The maximum absolute atomic E-state index is 12.6. The van der Waals surface area contributed by atoms with E-state index in [1.807, 2.05) is 12.1 Å². The zero-order chi connectivity index (χ0) is 20.0. The molecule has 0 saturated carbocycles. The van der Waals surface area contributed by atoms with Crippen molar-refractivity contribution in [3.8, 4) is 34.0 Å². The first-order valence-electron chi connectivity index (χ1n) is 9.23. The Balaban J connectivity index is 2.00. The number of carbonyl (C=O) groups is 1. The molecule has 2 aromatic carbocycles. The number of nitrogens with zero attached hydrogens (tertiary/aromatic N) is 1. The van der Waals surface area contributed by atoms with Gasteiger partial charge in [0, 0.05) is 17.8 Å².